The SMILES string of the molecule is CCc1ccccc1NC(=O)N(CC(=O)N1c2ccccc2-n2cccc2C1c1ccc(OC)cc1)C1CC1. The number of amides is 3. The van der Waals surface area contributed by atoms with Crippen LogP contribution in [0.2, 0.25) is 0 Å². The van der Waals surface area contributed by atoms with Crippen LogP contribution >= 0.6 is 0 Å². The van der Waals surface area contributed by atoms with E-state index in [4.69, 9.17) is 4.74 Å². The lowest BCUT2D eigenvalue weighted by molar-refractivity contribution is -0.119. The summed E-state index contributed by atoms with van der Waals surface area (Å²) in [5.41, 5.74) is 5.58. The highest BCUT2D eigenvalue weighted by Crippen LogP contribution is 2.43. The van der Waals surface area contributed by atoms with E-state index in [1.165, 1.54) is 0 Å². The second kappa shape index (κ2) is 10.3. The summed E-state index contributed by atoms with van der Waals surface area (Å²) in [6.07, 6.45) is 4.64. The molecule has 2 aliphatic rings. The zero-order chi connectivity index (χ0) is 26.9. The lowest BCUT2D eigenvalue weighted by atomic mass is 9.97. The zero-order valence-corrected chi connectivity index (χ0v) is 22.2. The monoisotopic (exact) mass is 520 g/mol. The molecule has 0 bridgehead atoms. The summed E-state index contributed by atoms with van der Waals surface area (Å²) in [6, 6.07) is 27.1. The average molecular weight is 521 g/mol. The van der Waals surface area contributed by atoms with E-state index in [1.807, 2.05) is 90.0 Å². The van der Waals surface area contributed by atoms with Crippen LogP contribution < -0.4 is 15.0 Å². The number of carbonyl (C=O) groups is 2. The predicted molar refractivity (Wildman–Crippen MR) is 153 cm³/mol. The first kappa shape index (κ1) is 24.8. The smallest absolute Gasteiger partial charge is 0.322 e. The quantitative estimate of drug-likeness (QED) is 0.316. The van der Waals surface area contributed by atoms with Crippen molar-refractivity contribution in [3.8, 4) is 11.4 Å². The normalized spacial score (nSPS) is 15.7. The molecule has 7 heteroatoms. The van der Waals surface area contributed by atoms with Crippen LogP contribution in [0.3, 0.4) is 0 Å². The minimum Gasteiger partial charge on any atom is -0.497 e. The first-order valence-corrected chi connectivity index (χ1v) is 13.5. The highest BCUT2D eigenvalue weighted by Gasteiger charge is 2.40. The van der Waals surface area contributed by atoms with Crippen molar-refractivity contribution in [2.75, 3.05) is 23.9 Å². The van der Waals surface area contributed by atoms with Crippen molar-refractivity contribution in [2.45, 2.75) is 38.3 Å². The van der Waals surface area contributed by atoms with E-state index < -0.39 is 0 Å². The number of aryl methyl sites for hydroxylation is 1. The number of aromatic nitrogens is 1. The van der Waals surface area contributed by atoms with Gasteiger partial charge in [-0.05, 0) is 72.9 Å². The number of carbonyl (C=O) groups excluding carboxylic acids is 2. The standard InChI is InChI=1S/C32H32N4O3/c1-3-22-9-4-5-10-26(22)33-32(38)35(24-16-17-24)21-30(37)36-28-12-7-6-11-27(28)34-20-8-13-29(34)31(36)23-14-18-25(39-2)19-15-23/h4-15,18-20,24,31H,3,16-17,21H2,1-2H3,(H,33,38). The van der Waals surface area contributed by atoms with Gasteiger partial charge in [0.1, 0.15) is 18.3 Å². The molecule has 7 nitrogen and oxygen atoms in total. The average Bonchev–Trinajstić information content (AvgIpc) is 3.70. The van der Waals surface area contributed by atoms with E-state index in [-0.39, 0.29) is 30.6 Å². The van der Waals surface area contributed by atoms with Crippen LogP contribution in [0.1, 0.15) is 42.6 Å². The fourth-order valence-electron chi connectivity index (χ4n) is 5.48. The number of anilines is 2. The maximum Gasteiger partial charge on any atom is 0.322 e. The molecular weight excluding hydrogens is 488 g/mol. The maximum atomic E-state index is 14.3. The van der Waals surface area contributed by atoms with Crippen LogP contribution in [-0.2, 0) is 11.2 Å². The van der Waals surface area contributed by atoms with Gasteiger partial charge in [-0.1, -0.05) is 49.4 Å². The number of para-hydroxylation sites is 3. The van der Waals surface area contributed by atoms with Crippen LogP contribution in [0.5, 0.6) is 5.75 Å². The molecule has 0 spiro atoms. The highest BCUT2D eigenvalue weighted by molar-refractivity contribution is 6.01. The first-order chi connectivity index (χ1) is 19.1. The van der Waals surface area contributed by atoms with Crippen molar-refractivity contribution in [1.29, 1.82) is 0 Å². The number of nitrogens with one attached hydrogen (secondary N) is 1. The van der Waals surface area contributed by atoms with Gasteiger partial charge in [-0.2, -0.15) is 0 Å². The number of benzene rings is 3. The van der Waals surface area contributed by atoms with Crippen LogP contribution in [0.4, 0.5) is 16.2 Å². The van der Waals surface area contributed by atoms with Crippen LogP contribution in [0, 0.1) is 0 Å². The molecule has 39 heavy (non-hydrogen) atoms. The summed E-state index contributed by atoms with van der Waals surface area (Å²) in [5.74, 6) is 0.633. The van der Waals surface area contributed by atoms with Crippen molar-refractivity contribution < 1.29 is 14.3 Å². The highest BCUT2D eigenvalue weighted by atomic mass is 16.5. The molecule has 1 N–H and O–H groups in total. The molecule has 1 atom stereocenters. The largest absolute Gasteiger partial charge is 0.497 e. The Labute approximate surface area is 228 Å². The van der Waals surface area contributed by atoms with Crippen molar-refractivity contribution in [3.63, 3.8) is 0 Å². The summed E-state index contributed by atoms with van der Waals surface area (Å²) < 4.78 is 7.52. The Kier molecular flexibility index (Phi) is 6.57. The fraction of sp³-hybridized carbons (Fsp3) is 0.250. The summed E-state index contributed by atoms with van der Waals surface area (Å²) >= 11 is 0. The van der Waals surface area contributed by atoms with Gasteiger partial charge in [-0.15, -0.1) is 0 Å². The Balaban J connectivity index is 1.35. The second-order valence-corrected chi connectivity index (χ2v) is 10.0. The molecule has 3 amide bonds. The Hall–Kier alpha value is -4.52. The van der Waals surface area contributed by atoms with Gasteiger partial charge in [0.05, 0.1) is 24.2 Å². The van der Waals surface area contributed by atoms with Gasteiger partial charge in [0.25, 0.3) is 0 Å². The van der Waals surface area contributed by atoms with Gasteiger partial charge < -0.3 is 19.5 Å². The molecule has 198 valence electrons. The molecule has 3 aromatic carbocycles. The molecule has 0 radical (unpaired) electrons. The number of hydrogen-bond donors (Lipinski definition) is 1. The minimum atomic E-state index is -0.349. The Morgan fingerprint density at radius 3 is 2.36 bits per heavy atom. The number of ether oxygens (including phenoxy) is 1. The molecule has 1 aliphatic heterocycles. The molecule has 1 aromatic heterocycles. The third-order valence-electron chi connectivity index (χ3n) is 7.61. The summed E-state index contributed by atoms with van der Waals surface area (Å²) in [5, 5.41) is 3.08. The van der Waals surface area contributed by atoms with Crippen molar-refractivity contribution in [3.05, 3.63) is 108 Å². The van der Waals surface area contributed by atoms with E-state index in [2.05, 4.69) is 22.9 Å². The van der Waals surface area contributed by atoms with Crippen molar-refractivity contribution in [1.82, 2.24) is 9.47 Å². The fourth-order valence-corrected chi connectivity index (χ4v) is 5.48. The zero-order valence-electron chi connectivity index (χ0n) is 22.2. The van der Waals surface area contributed by atoms with Crippen molar-refractivity contribution >= 4 is 23.3 Å². The van der Waals surface area contributed by atoms with E-state index in [0.717, 1.165) is 58.9 Å². The number of methoxy groups -OCH3 is 1. The molecular formula is C32H32N4O3. The molecule has 1 unspecified atom stereocenters. The molecule has 1 saturated carbocycles. The number of hydrogen-bond acceptors (Lipinski definition) is 3. The third kappa shape index (κ3) is 4.65. The van der Waals surface area contributed by atoms with Gasteiger partial charge in [0.15, 0.2) is 0 Å². The van der Waals surface area contributed by atoms with E-state index >= 15 is 0 Å². The lowest BCUT2D eigenvalue weighted by Crippen LogP contribution is -2.48. The summed E-state index contributed by atoms with van der Waals surface area (Å²) in [6.45, 7) is 2.06. The van der Waals surface area contributed by atoms with Gasteiger partial charge in [-0.3, -0.25) is 9.69 Å². The molecule has 1 fully saturated rings. The van der Waals surface area contributed by atoms with E-state index in [0.29, 0.717) is 0 Å². The minimum absolute atomic E-state index is 0.00745. The van der Waals surface area contributed by atoms with Crippen molar-refractivity contribution in [2.24, 2.45) is 0 Å². The van der Waals surface area contributed by atoms with Crippen LogP contribution in [0.15, 0.2) is 91.1 Å². The second-order valence-electron chi connectivity index (χ2n) is 10.0. The molecule has 4 aromatic rings. The molecule has 2 heterocycles. The van der Waals surface area contributed by atoms with Gasteiger partial charge in [0, 0.05) is 17.9 Å². The Morgan fingerprint density at radius 1 is 0.923 bits per heavy atom. The van der Waals surface area contributed by atoms with Crippen LogP contribution in [0.25, 0.3) is 5.69 Å². The van der Waals surface area contributed by atoms with Gasteiger partial charge in [-0.25, -0.2) is 4.79 Å². The molecule has 0 saturated heterocycles. The van der Waals surface area contributed by atoms with Gasteiger partial charge in [0.2, 0.25) is 5.91 Å². The summed E-state index contributed by atoms with van der Waals surface area (Å²) in [7, 11) is 1.64. The number of nitrogens with zero attached hydrogens (tertiary/aromatic N) is 3. The van der Waals surface area contributed by atoms with E-state index in [1.54, 1.807) is 12.0 Å². The number of urea groups is 1. The topological polar surface area (TPSA) is 66.8 Å². The maximum absolute atomic E-state index is 14.3. The summed E-state index contributed by atoms with van der Waals surface area (Å²) in [4.78, 5) is 31.4. The Bertz CT molecular complexity index is 1510. The molecule has 6 rings (SSSR count). The van der Waals surface area contributed by atoms with Gasteiger partial charge >= 0.3 is 6.03 Å². The molecule has 1 aliphatic carbocycles. The number of fused-ring (bicyclic) bond motifs is 3. The van der Waals surface area contributed by atoms with Crippen LogP contribution in [-0.4, -0.2) is 41.1 Å². The lowest BCUT2D eigenvalue weighted by Gasteiger charge is -2.39. The van der Waals surface area contributed by atoms with E-state index in [9.17, 15) is 9.59 Å². The predicted octanol–water partition coefficient (Wildman–Crippen LogP) is 6.18. The third-order valence-corrected chi connectivity index (χ3v) is 7.61. The Morgan fingerprint density at radius 2 is 1.64 bits per heavy atom. The number of rotatable bonds is 7. The first-order valence-electron chi connectivity index (χ1n) is 13.5.